The van der Waals surface area contributed by atoms with Gasteiger partial charge in [0.25, 0.3) is 0 Å². The first-order valence-electron chi connectivity index (χ1n) is 3.82. The molecule has 0 saturated carbocycles. The van der Waals surface area contributed by atoms with Crippen molar-refractivity contribution in [2.24, 2.45) is 0 Å². The number of allylic oxidation sites excluding steroid dienone is 1. The normalized spacial score (nSPS) is 10.2. The molecule has 0 aliphatic heterocycles. The Morgan fingerprint density at radius 3 is 2.92 bits per heavy atom. The molecule has 0 aliphatic rings. The lowest BCUT2D eigenvalue weighted by Gasteiger charge is -1.97. The molecule has 0 amide bonds. The number of halogens is 1. The minimum Gasteiger partial charge on any atom is -0.399 e. The van der Waals surface area contributed by atoms with E-state index in [1.165, 1.54) is 6.07 Å². The predicted molar refractivity (Wildman–Crippen MR) is 50.1 cm³/mol. The Morgan fingerprint density at radius 1 is 1.54 bits per heavy atom. The highest BCUT2D eigenvalue weighted by atomic mass is 19.1. The molecule has 0 radical (unpaired) electrons. The van der Waals surface area contributed by atoms with E-state index in [0.29, 0.717) is 11.3 Å². The number of anilines is 1. The molecule has 0 unspecified atom stereocenters. The van der Waals surface area contributed by atoms with Gasteiger partial charge in [0.15, 0.2) is 0 Å². The number of nitrogens with zero attached hydrogens (tertiary/aromatic N) is 1. The van der Waals surface area contributed by atoms with E-state index in [1.54, 1.807) is 24.3 Å². The smallest absolute Gasteiger partial charge is 0.132 e. The number of nitrogen functional groups attached to an aromatic ring is 1. The van der Waals surface area contributed by atoms with Gasteiger partial charge in [0.2, 0.25) is 0 Å². The summed E-state index contributed by atoms with van der Waals surface area (Å²) in [6, 6.07) is 6.39. The van der Waals surface area contributed by atoms with Gasteiger partial charge in [-0.1, -0.05) is 18.2 Å². The molecule has 1 rings (SSSR count). The van der Waals surface area contributed by atoms with E-state index < -0.39 is 0 Å². The van der Waals surface area contributed by atoms with Crippen LogP contribution >= 0.6 is 0 Å². The van der Waals surface area contributed by atoms with E-state index in [0.717, 1.165) is 0 Å². The monoisotopic (exact) mass is 176 g/mol. The predicted octanol–water partition coefficient (Wildman–Crippen LogP) is 2.33. The summed E-state index contributed by atoms with van der Waals surface area (Å²) in [5.41, 5.74) is 6.21. The zero-order valence-corrected chi connectivity index (χ0v) is 7.00. The maximum atomic E-state index is 13.1. The largest absolute Gasteiger partial charge is 0.399 e. The molecule has 2 nitrogen and oxygen atoms in total. The van der Waals surface area contributed by atoms with Crippen LogP contribution in [-0.2, 0) is 0 Å². The van der Waals surface area contributed by atoms with Crippen LogP contribution in [0.5, 0.6) is 0 Å². The van der Waals surface area contributed by atoms with Crippen LogP contribution in [0.3, 0.4) is 0 Å². The number of benzene rings is 1. The second-order valence-corrected chi connectivity index (χ2v) is 2.55. The van der Waals surface area contributed by atoms with Crippen LogP contribution in [0, 0.1) is 17.1 Å². The van der Waals surface area contributed by atoms with E-state index in [4.69, 9.17) is 11.0 Å². The van der Waals surface area contributed by atoms with Crippen molar-refractivity contribution in [3.8, 4) is 6.07 Å². The zero-order valence-electron chi connectivity index (χ0n) is 7.00. The molecule has 3 heteroatoms. The van der Waals surface area contributed by atoms with Gasteiger partial charge in [0.05, 0.1) is 12.5 Å². The zero-order chi connectivity index (χ0) is 9.68. The molecule has 0 spiro atoms. The molecule has 0 atom stereocenters. The fraction of sp³-hybridized carbons (Fsp3) is 0.100. The Balaban J connectivity index is 2.85. The van der Waals surface area contributed by atoms with E-state index >= 15 is 0 Å². The van der Waals surface area contributed by atoms with Crippen molar-refractivity contribution in [2.45, 2.75) is 6.42 Å². The summed E-state index contributed by atoms with van der Waals surface area (Å²) in [4.78, 5) is 0. The van der Waals surface area contributed by atoms with Gasteiger partial charge < -0.3 is 5.73 Å². The number of hydrogen-bond acceptors (Lipinski definition) is 2. The topological polar surface area (TPSA) is 49.8 Å². The molecule has 2 N–H and O–H groups in total. The minimum atomic E-state index is -0.366. The Bertz CT molecular complexity index is 364. The molecule has 13 heavy (non-hydrogen) atoms. The third-order valence-corrected chi connectivity index (χ3v) is 1.53. The molecule has 66 valence electrons. The molecule has 1 aromatic carbocycles. The van der Waals surface area contributed by atoms with E-state index in [-0.39, 0.29) is 12.2 Å². The van der Waals surface area contributed by atoms with Crippen molar-refractivity contribution in [2.75, 3.05) is 5.73 Å². The van der Waals surface area contributed by atoms with Gasteiger partial charge >= 0.3 is 0 Å². The van der Waals surface area contributed by atoms with Crippen LogP contribution in [0.2, 0.25) is 0 Å². The molecular formula is C10H9FN2. The summed E-state index contributed by atoms with van der Waals surface area (Å²) < 4.78 is 13.1. The van der Waals surface area contributed by atoms with Gasteiger partial charge in [-0.15, -0.1) is 0 Å². The van der Waals surface area contributed by atoms with Crippen molar-refractivity contribution < 1.29 is 4.39 Å². The Labute approximate surface area is 76.1 Å². The molecule has 0 saturated heterocycles. The summed E-state index contributed by atoms with van der Waals surface area (Å²) in [7, 11) is 0. The van der Waals surface area contributed by atoms with Crippen molar-refractivity contribution >= 4 is 11.8 Å². The first kappa shape index (κ1) is 9.27. The number of hydrogen-bond donors (Lipinski definition) is 1. The molecule has 0 aliphatic carbocycles. The SMILES string of the molecule is N#CCC=Cc1ccc(N)cc1F. The van der Waals surface area contributed by atoms with E-state index in [2.05, 4.69) is 0 Å². The Hall–Kier alpha value is -1.82. The van der Waals surface area contributed by atoms with Gasteiger partial charge in [-0.05, 0) is 12.1 Å². The van der Waals surface area contributed by atoms with E-state index in [9.17, 15) is 4.39 Å². The highest BCUT2D eigenvalue weighted by Gasteiger charge is 1.97. The van der Waals surface area contributed by atoms with Crippen molar-refractivity contribution in [1.82, 2.24) is 0 Å². The maximum absolute atomic E-state index is 13.1. The van der Waals surface area contributed by atoms with Crippen LogP contribution in [0.1, 0.15) is 12.0 Å². The maximum Gasteiger partial charge on any atom is 0.132 e. The fourth-order valence-electron chi connectivity index (χ4n) is 0.917. The lowest BCUT2D eigenvalue weighted by Crippen LogP contribution is -1.88. The third kappa shape index (κ3) is 2.60. The summed E-state index contributed by atoms with van der Waals surface area (Å²) >= 11 is 0. The molecule has 1 aromatic rings. The summed E-state index contributed by atoms with van der Waals surface area (Å²) in [5, 5.41) is 8.24. The second-order valence-electron chi connectivity index (χ2n) is 2.55. The van der Waals surface area contributed by atoms with Gasteiger partial charge in [-0.25, -0.2) is 4.39 Å². The van der Waals surface area contributed by atoms with Crippen LogP contribution < -0.4 is 5.73 Å². The number of rotatable bonds is 2. The standard InChI is InChI=1S/C10H9FN2/c11-10-7-9(13)5-4-8(10)3-1-2-6-12/h1,3-5,7H,2,13H2. The molecule has 0 heterocycles. The summed E-state index contributed by atoms with van der Waals surface area (Å²) in [6.07, 6.45) is 3.45. The number of nitrogens with two attached hydrogens (primary N) is 1. The first-order chi connectivity index (χ1) is 6.24. The number of nitriles is 1. The van der Waals surface area contributed by atoms with Crippen LogP contribution in [0.25, 0.3) is 6.08 Å². The first-order valence-corrected chi connectivity index (χ1v) is 3.82. The molecular weight excluding hydrogens is 167 g/mol. The summed E-state index contributed by atoms with van der Waals surface area (Å²) in [5.74, 6) is -0.366. The van der Waals surface area contributed by atoms with E-state index in [1.807, 2.05) is 6.07 Å². The average molecular weight is 176 g/mol. The minimum absolute atomic E-state index is 0.282. The van der Waals surface area contributed by atoms with Crippen LogP contribution in [0.15, 0.2) is 24.3 Å². The van der Waals surface area contributed by atoms with Crippen molar-refractivity contribution in [3.05, 3.63) is 35.7 Å². The fourth-order valence-corrected chi connectivity index (χ4v) is 0.917. The highest BCUT2D eigenvalue weighted by Crippen LogP contribution is 2.13. The lowest BCUT2D eigenvalue weighted by atomic mass is 10.1. The quantitative estimate of drug-likeness (QED) is 0.703. The van der Waals surface area contributed by atoms with Gasteiger partial charge in [0, 0.05) is 11.3 Å². The Kier molecular flexibility index (Phi) is 3.04. The summed E-state index contributed by atoms with van der Waals surface area (Å²) in [6.45, 7) is 0. The molecule has 0 aromatic heterocycles. The third-order valence-electron chi connectivity index (χ3n) is 1.53. The van der Waals surface area contributed by atoms with Crippen LogP contribution in [-0.4, -0.2) is 0 Å². The second kappa shape index (κ2) is 4.27. The van der Waals surface area contributed by atoms with Crippen molar-refractivity contribution in [1.29, 1.82) is 5.26 Å². The lowest BCUT2D eigenvalue weighted by molar-refractivity contribution is 0.626. The van der Waals surface area contributed by atoms with Gasteiger partial charge in [0.1, 0.15) is 5.82 Å². The van der Waals surface area contributed by atoms with Crippen LogP contribution in [0.4, 0.5) is 10.1 Å². The van der Waals surface area contributed by atoms with Gasteiger partial charge in [-0.3, -0.25) is 0 Å². The molecule has 0 bridgehead atoms. The highest BCUT2D eigenvalue weighted by molar-refractivity contribution is 5.54. The Morgan fingerprint density at radius 2 is 2.31 bits per heavy atom. The van der Waals surface area contributed by atoms with Crippen molar-refractivity contribution in [3.63, 3.8) is 0 Å². The van der Waals surface area contributed by atoms with Gasteiger partial charge in [-0.2, -0.15) is 5.26 Å². The molecule has 0 fully saturated rings. The average Bonchev–Trinajstić information content (AvgIpc) is 2.09.